The predicted octanol–water partition coefficient (Wildman–Crippen LogP) is 3.68. The molecule has 0 saturated carbocycles. The highest BCUT2D eigenvalue weighted by molar-refractivity contribution is 14.0. The number of methoxy groups -OCH3 is 1. The van der Waals surface area contributed by atoms with Crippen molar-refractivity contribution in [1.29, 1.82) is 0 Å². The van der Waals surface area contributed by atoms with E-state index in [-0.39, 0.29) is 35.5 Å². The van der Waals surface area contributed by atoms with Crippen LogP contribution in [0.2, 0.25) is 0 Å². The minimum absolute atomic E-state index is 0. The maximum atomic E-state index is 12.5. The quantitative estimate of drug-likeness (QED) is 0.193. The van der Waals surface area contributed by atoms with E-state index in [0.717, 1.165) is 18.6 Å². The number of hydrogen-bond donors (Lipinski definition) is 2. The molecule has 0 aliphatic rings. The normalized spacial score (nSPS) is 11.4. The second-order valence-corrected chi connectivity index (χ2v) is 6.33. The molecule has 0 aliphatic carbocycles. The molecule has 0 bridgehead atoms. The molecule has 9 heteroatoms. The molecule has 0 unspecified atom stereocenters. The van der Waals surface area contributed by atoms with Gasteiger partial charge in [0.2, 0.25) is 0 Å². The van der Waals surface area contributed by atoms with Crippen molar-refractivity contribution < 1.29 is 23.0 Å². The lowest BCUT2D eigenvalue weighted by molar-refractivity contribution is -0.0512. The zero-order valence-electron chi connectivity index (χ0n) is 17.0. The molecule has 0 amide bonds. The summed E-state index contributed by atoms with van der Waals surface area (Å²) < 4.78 is 40.0. The van der Waals surface area contributed by atoms with E-state index in [0.29, 0.717) is 38.0 Å². The Labute approximate surface area is 183 Å². The molecule has 0 atom stereocenters. The Hall–Kier alpha value is -1.36. The van der Waals surface area contributed by atoms with E-state index in [2.05, 4.69) is 34.2 Å². The molecule has 0 radical (unpaired) electrons. The molecule has 1 aromatic carbocycles. The van der Waals surface area contributed by atoms with Gasteiger partial charge in [-0.2, -0.15) is 8.78 Å². The zero-order valence-corrected chi connectivity index (χ0v) is 19.3. The van der Waals surface area contributed by atoms with E-state index in [1.165, 1.54) is 7.11 Å². The molecule has 1 aromatic rings. The van der Waals surface area contributed by atoms with Crippen molar-refractivity contribution in [2.24, 2.45) is 10.9 Å². The van der Waals surface area contributed by atoms with Gasteiger partial charge in [0, 0.05) is 26.7 Å². The number of nitrogens with one attached hydrogen (secondary N) is 2. The highest BCUT2D eigenvalue weighted by atomic mass is 127. The maximum Gasteiger partial charge on any atom is 0.387 e. The number of guanidine groups is 1. The van der Waals surface area contributed by atoms with Crippen LogP contribution in [0.4, 0.5) is 8.78 Å². The first-order valence-electron chi connectivity index (χ1n) is 9.10. The van der Waals surface area contributed by atoms with Gasteiger partial charge in [-0.05, 0) is 36.5 Å². The van der Waals surface area contributed by atoms with Crippen LogP contribution in [0, 0.1) is 5.92 Å². The van der Waals surface area contributed by atoms with Gasteiger partial charge in [-0.25, -0.2) is 0 Å². The van der Waals surface area contributed by atoms with Crippen molar-refractivity contribution in [2.45, 2.75) is 33.3 Å². The molecule has 0 aromatic heterocycles. The van der Waals surface area contributed by atoms with Gasteiger partial charge >= 0.3 is 6.61 Å². The van der Waals surface area contributed by atoms with Crippen molar-refractivity contribution in [1.82, 2.24) is 10.6 Å². The average Bonchev–Trinajstić information content (AvgIpc) is 2.62. The third kappa shape index (κ3) is 11.5. The van der Waals surface area contributed by atoms with Gasteiger partial charge in [-0.15, -0.1) is 24.0 Å². The summed E-state index contributed by atoms with van der Waals surface area (Å²) in [6, 6.07) is 5.00. The second-order valence-electron chi connectivity index (χ2n) is 6.33. The Balaban J connectivity index is 0.00000729. The minimum atomic E-state index is -2.89. The number of alkyl halides is 2. The molecule has 0 spiro atoms. The van der Waals surface area contributed by atoms with Crippen LogP contribution in [0.3, 0.4) is 0 Å². The third-order valence-corrected chi connectivity index (χ3v) is 3.75. The molecule has 0 saturated heterocycles. The predicted molar refractivity (Wildman–Crippen MR) is 118 cm³/mol. The largest absolute Gasteiger partial charge is 0.493 e. The average molecular weight is 515 g/mol. The van der Waals surface area contributed by atoms with Crippen LogP contribution >= 0.6 is 24.0 Å². The van der Waals surface area contributed by atoms with Gasteiger partial charge in [0.25, 0.3) is 0 Å². The van der Waals surface area contributed by atoms with Crippen molar-refractivity contribution in [3.8, 4) is 11.5 Å². The van der Waals surface area contributed by atoms with Gasteiger partial charge in [-0.3, -0.25) is 4.99 Å². The van der Waals surface area contributed by atoms with Crippen molar-refractivity contribution >= 4 is 29.9 Å². The van der Waals surface area contributed by atoms with Crippen LogP contribution < -0.4 is 20.1 Å². The van der Waals surface area contributed by atoms with Gasteiger partial charge in [0.15, 0.2) is 17.5 Å². The number of benzene rings is 1. The van der Waals surface area contributed by atoms with Gasteiger partial charge in [0.1, 0.15) is 0 Å². The van der Waals surface area contributed by atoms with E-state index in [4.69, 9.17) is 9.47 Å². The Morgan fingerprint density at radius 2 is 1.82 bits per heavy atom. The summed E-state index contributed by atoms with van der Waals surface area (Å²) in [6.45, 7) is 4.06. The van der Waals surface area contributed by atoms with Crippen LogP contribution in [0.25, 0.3) is 0 Å². The SMILES string of the molecule is CN=C(NCCOCCC(C)C)NCCc1ccc(OC)c(OC(F)F)c1.I. The summed E-state index contributed by atoms with van der Waals surface area (Å²) in [4.78, 5) is 4.14. The second kappa shape index (κ2) is 15.5. The zero-order chi connectivity index (χ0) is 20.1. The number of ether oxygens (including phenoxy) is 3. The van der Waals surface area contributed by atoms with Crippen molar-refractivity contribution in [3.05, 3.63) is 23.8 Å². The molecule has 6 nitrogen and oxygen atoms in total. The molecule has 1 rings (SSSR count). The first kappa shape index (κ1) is 26.6. The lowest BCUT2D eigenvalue weighted by Crippen LogP contribution is -2.39. The smallest absolute Gasteiger partial charge is 0.387 e. The van der Waals surface area contributed by atoms with Crippen LogP contribution in [-0.4, -0.2) is 53.0 Å². The number of aliphatic imine (C=N–C) groups is 1. The van der Waals surface area contributed by atoms with Crippen molar-refractivity contribution in [2.75, 3.05) is 40.5 Å². The fraction of sp³-hybridized carbons (Fsp3) is 0.632. The van der Waals surface area contributed by atoms with Crippen LogP contribution in [0.5, 0.6) is 11.5 Å². The van der Waals surface area contributed by atoms with Crippen LogP contribution in [0.15, 0.2) is 23.2 Å². The number of halogens is 3. The van der Waals surface area contributed by atoms with Crippen LogP contribution in [0.1, 0.15) is 25.8 Å². The number of rotatable bonds is 12. The molecule has 2 N–H and O–H groups in total. The summed E-state index contributed by atoms with van der Waals surface area (Å²) in [5.41, 5.74) is 0.853. The third-order valence-electron chi connectivity index (χ3n) is 3.75. The Morgan fingerprint density at radius 1 is 1.11 bits per heavy atom. The van der Waals surface area contributed by atoms with Crippen LogP contribution in [-0.2, 0) is 11.2 Å². The maximum absolute atomic E-state index is 12.5. The minimum Gasteiger partial charge on any atom is -0.493 e. The van der Waals surface area contributed by atoms with Crippen molar-refractivity contribution in [3.63, 3.8) is 0 Å². The Morgan fingerprint density at radius 3 is 2.43 bits per heavy atom. The number of nitrogens with zero attached hydrogens (tertiary/aromatic N) is 1. The summed E-state index contributed by atoms with van der Waals surface area (Å²) >= 11 is 0. The van der Waals surface area contributed by atoms with E-state index in [9.17, 15) is 8.78 Å². The summed E-state index contributed by atoms with van der Waals surface area (Å²) in [6.07, 6.45) is 1.67. The molecule has 162 valence electrons. The van der Waals surface area contributed by atoms with E-state index >= 15 is 0 Å². The lowest BCUT2D eigenvalue weighted by Gasteiger charge is -2.14. The molecule has 0 aliphatic heterocycles. The molecular formula is C19H32F2IN3O3. The fourth-order valence-corrected chi connectivity index (χ4v) is 2.27. The topological polar surface area (TPSA) is 64.1 Å². The Kier molecular flexibility index (Phi) is 14.8. The van der Waals surface area contributed by atoms with E-state index in [1.54, 1.807) is 19.2 Å². The van der Waals surface area contributed by atoms with Gasteiger partial charge in [-0.1, -0.05) is 19.9 Å². The standard InChI is InChI=1S/C19H31F2N3O3.HI/c1-14(2)8-11-26-12-10-24-19(22-3)23-9-7-15-5-6-16(25-4)17(13-15)27-18(20)21;/h5-6,13-14,18H,7-12H2,1-4H3,(H2,22,23,24);1H. The highest BCUT2D eigenvalue weighted by Crippen LogP contribution is 2.29. The lowest BCUT2D eigenvalue weighted by atomic mass is 10.1. The monoisotopic (exact) mass is 515 g/mol. The molecule has 0 heterocycles. The fourth-order valence-electron chi connectivity index (χ4n) is 2.27. The molecular weight excluding hydrogens is 483 g/mol. The van der Waals surface area contributed by atoms with Gasteiger partial charge in [0.05, 0.1) is 13.7 Å². The molecule has 0 fully saturated rings. The van der Waals surface area contributed by atoms with E-state index in [1.807, 2.05) is 6.07 Å². The number of hydrogen-bond acceptors (Lipinski definition) is 4. The summed E-state index contributed by atoms with van der Waals surface area (Å²) in [5, 5.41) is 6.35. The summed E-state index contributed by atoms with van der Waals surface area (Å²) in [5.74, 6) is 1.62. The summed E-state index contributed by atoms with van der Waals surface area (Å²) in [7, 11) is 3.11. The first-order valence-corrected chi connectivity index (χ1v) is 9.10. The van der Waals surface area contributed by atoms with E-state index < -0.39 is 6.61 Å². The highest BCUT2D eigenvalue weighted by Gasteiger charge is 2.11. The Bertz CT molecular complexity index is 575. The first-order chi connectivity index (χ1) is 13.0. The van der Waals surface area contributed by atoms with Gasteiger partial charge < -0.3 is 24.8 Å². The molecule has 28 heavy (non-hydrogen) atoms.